The highest BCUT2D eigenvalue weighted by atomic mass is 16.7. The van der Waals surface area contributed by atoms with E-state index in [0.717, 1.165) is 32.1 Å². The van der Waals surface area contributed by atoms with Gasteiger partial charge in [0.1, 0.15) is 5.75 Å². The lowest BCUT2D eigenvalue weighted by Gasteiger charge is -2.15. The van der Waals surface area contributed by atoms with Gasteiger partial charge in [0.2, 0.25) is 0 Å². The fraction of sp³-hybridized carbons (Fsp3) is 0.720. The summed E-state index contributed by atoms with van der Waals surface area (Å²) in [5.41, 5.74) is 2.54. The van der Waals surface area contributed by atoms with Crippen molar-refractivity contribution in [2.75, 3.05) is 6.61 Å². The second-order valence-corrected chi connectivity index (χ2v) is 7.78. The summed E-state index contributed by atoms with van der Waals surface area (Å²) in [6.45, 7) is 7.09. The molecule has 0 saturated carbocycles. The average Bonchev–Trinajstić information content (AvgIpc) is 2.69. The summed E-state index contributed by atoms with van der Waals surface area (Å²) in [5.74, 6) is 0.697. The number of carbonyl (C=O) groups is 1. The van der Waals surface area contributed by atoms with E-state index in [2.05, 4.69) is 26.8 Å². The Hall–Kier alpha value is -1.51. The third-order valence-electron chi connectivity index (χ3n) is 5.22. The molecule has 0 bridgehead atoms. The molecule has 1 aromatic rings. The van der Waals surface area contributed by atoms with Crippen molar-refractivity contribution in [3.05, 3.63) is 29.3 Å². The van der Waals surface area contributed by atoms with Crippen LogP contribution in [0.1, 0.15) is 109 Å². The summed E-state index contributed by atoms with van der Waals surface area (Å²) in [4.78, 5) is 12.1. The van der Waals surface area contributed by atoms with Crippen molar-refractivity contribution in [2.45, 2.75) is 111 Å². The van der Waals surface area contributed by atoms with E-state index in [4.69, 9.17) is 9.47 Å². The van der Waals surface area contributed by atoms with Crippen LogP contribution in [-0.4, -0.2) is 12.8 Å². The molecule has 1 rings (SSSR count). The molecule has 0 aliphatic rings. The zero-order valence-corrected chi connectivity index (χ0v) is 18.6. The smallest absolute Gasteiger partial charge is 0.434 e. The van der Waals surface area contributed by atoms with Crippen molar-refractivity contribution in [1.82, 2.24) is 0 Å². The summed E-state index contributed by atoms with van der Waals surface area (Å²) < 4.78 is 10.9. The molecule has 0 N–H and O–H groups in total. The highest BCUT2D eigenvalue weighted by molar-refractivity contribution is 5.65. The van der Waals surface area contributed by atoms with Gasteiger partial charge in [-0.05, 0) is 49.3 Å². The van der Waals surface area contributed by atoms with Crippen LogP contribution in [-0.2, 0) is 17.6 Å². The van der Waals surface area contributed by atoms with E-state index in [1.807, 2.05) is 12.1 Å². The SMILES string of the molecule is CCCCCCOC(=O)Oc1cccc(CCCCCC)c1CCCCCC. The van der Waals surface area contributed by atoms with Crippen LogP contribution in [0.15, 0.2) is 18.2 Å². The lowest BCUT2D eigenvalue weighted by atomic mass is 9.96. The molecule has 0 atom stereocenters. The molecule has 0 amide bonds. The predicted octanol–water partition coefficient (Wildman–Crippen LogP) is 8.03. The molecule has 3 nitrogen and oxygen atoms in total. The average molecular weight is 391 g/mol. The van der Waals surface area contributed by atoms with Crippen molar-refractivity contribution in [3.8, 4) is 5.75 Å². The summed E-state index contributed by atoms with van der Waals surface area (Å²) in [5, 5.41) is 0. The van der Waals surface area contributed by atoms with E-state index < -0.39 is 6.16 Å². The molecule has 0 saturated heterocycles. The molecule has 0 spiro atoms. The molecule has 0 aliphatic carbocycles. The molecule has 3 heteroatoms. The van der Waals surface area contributed by atoms with Gasteiger partial charge in [-0.15, -0.1) is 0 Å². The van der Waals surface area contributed by atoms with Crippen LogP contribution in [0.2, 0.25) is 0 Å². The molecule has 1 aromatic carbocycles. The van der Waals surface area contributed by atoms with Gasteiger partial charge in [-0.25, -0.2) is 4.79 Å². The van der Waals surface area contributed by atoms with Gasteiger partial charge in [-0.1, -0.05) is 90.7 Å². The van der Waals surface area contributed by atoms with Gasteiger partial charge in [0.15, 0.2) is 0 Å². The third-order valence-corrected chi connectivity index (χ3v) is 5.22. The number of unbranched alkanes of at least 4 members (excludes halogenated alkanes) is 9. The molecule has 160 valence electrons. The summed E-state index contributed by atoms with van der Waals surface area (Å²) in [6, 6.07) is 6.13. The van der Waals surface area contributed by atoms with E-state index in [1.165, 1.54) is 68.9 Å². The molecule has 0 unspecified atom stereocenters. The van der Waals surface area contributed by atoms with E-state index in [-0.39, 0.29) is 0 Å². The Morgan fingerprint density at radius 3 is 2.00 bits per heavy atom. The van der Waals surface area contributed by atoms with Gasteiger partial charge in [0, 0.05) is 0 Å². The number of benzene rings is 1. The van der Waals surface area contributed by atoms with Crippen LogP contribution in [0.3, 0.4) is 0 Å². The quantitative estimate of drug-likeness (QED) is 0.163. The van der Waals surface area contributed by atoms with E-state index >= 15 is 0 Å². The van der Waals surface area contributed by atoms with Gasteiger partial charge < -0.3 is 9.47 Å². The first-order chi connectivity index (χ1) is 13.7. The van der Waals surface area contributed by atoms with Gasteiger partial charge >= 0.3 is 6.16 Å². The Morgan fingerprint density at radius 1 is 0.750 bits per heavy atom. The molecule has 0 aliphatic heterocycles. The lowest BCUT2D eigenvalue weighted by molar-refractivity contribution is 0.0969. The second kappa shape index (κ2) is 16.4. The summed E-state index contributed by atoms with van der Waals surface area (Å²) >= 11 is 0. The van der Waals surface area contributed by atoms with Crippen LogP contribution in [0, 0.1) is 0 Å². The Kier molecular flexibility index (Phi) is 14.4. The topological polar surface area (TPSA) is 35.5 Å². The number of carbonyl (C=O) groups excluding carboxylic acids is 1. The first-order valence-electron chi connectivity index (χ1n) is 11.7. The van der Waals surface area contributed by atoms with Crippen molar-refractivity contribution in [1.29, 1.82) is 0 Å². The molecular weight excluding hydrogens is 348 g/mol. The third kappa shape index (κ3) is 10.7. The molecule has 0 radical (unpaired) electrons. The fourth-order valence-corrected chi connectivity index (χ4v) is 3.50. The lowest BCUT2D eigenvalue weighted by Crippen LogP contribution is -2.13. The normalized spacial score (nSPS) is 10.8. The summed E-state index contributed by atoms with van der Waals surface area (Å²) in [6.07, 6.45) is 15.7. The largest absolute Gasteiger partial charge is 0.513 e. The standard InChI is InChI=1S/C25H42O3/c1-4-7-10-13-17-22-18-16-20-24(23(22)19-14-11-8-5-2)28-25(26)27-21-15-12-9-6-3/h16,18,20H,4-15,17,19,21H2,1-3H3. The predicted molar refractivity (Wildman–Crippen MR) is 118 cm³/mol. The number of rotatable bonds is 16. The highest BCUT2D eigenvalue weighted by Gasteiger charge is 2.14. The number of hydrogen-bond donors (Lipinski definition) is 0. The maximum Gasteiger partial charge on any atom is 0.513 e. The molecular formula is C25H42O3. The van der Waals surface area contributed by atoms with Gasteiger partial charge in [-0.2, -0.15) is 0 Å². The van der Waals surface area contributed by atoms with Crippen molar-refractivity contribution in [2.24, 2.45) is 0 Å². The Morgan fingerprint density at radius 2 is 1.36 bits per heavy atom. The maximum atomic E-state index is 12.1. The zero-order valence-electron chi connectivity index (χ0n) is 18.6. The first-order valence-corrected chi connectivity index (χ1v) is 11.7. The van der Waals surface area contributed by atoms with Crippen LogP contribution >= 0.6 is 0 Å². The van der Waals surface area contributed by atoms with E-state index in [1.54, 1.807) is 0 Å². The first kappa shape index (κ1) is 24.5. The molecule has 0 aromatic heterocycles. The Bertz CT molecular complexity index is 525. The minimum atomic E-state index is -0.561. The van der Waals surface area contributed by atoms with E-state index in [9.17, 15) is 4.79 Å². The van der Waals surface area contributed by atoms with E-state index in [0.29, 0.717) is 12.4 Å². The molecule has 28 heavy (non-hydrogen) atoms. The van der Waals surface area contributed by atoms with Crippen molar-refractivity contribution >= 4 is 6.16 Å². The number of ether oxygens (including phenoxy) is 2. The fourth-order valence-electron chi connectivity index (χ4n) is 3.50. The highest BCUT2D eigenvalue weighted by Crippen LogP contribution is 2.27. The number of hydrogen-bond acceptors (Lipinski definition) is 3. The van der Waals surface area contributed by atoms with Crippen LogP contribution in [0.5, 0.6) is 5.75 Å². The monoisotopic (exact) mass is 390 g/mol. The second-order valence-electron chi connectivity index (χ2n) is 7.78. The van der Waals surface area contributed by atoms with Crippen molar-refractivity contribution < 1.29 is 14.3 Å². The van der Waals surface area contributed by atoms with Crippen LogP contribution in [0.4, 0.5) is 4.79 Å². The maximum absolute atomic E-state index is 12.1. The Balaban J connectivity index is 2.67. The minimum Gasteiger partial charge on any atom is -0.434 e. The number of aryl methyl sites for hydroxylation is 1. The molecule has 0 fully saturated rings. The zero-order chi connectivity index (χ0) is 20.5. The van der Waals surface area contributed by atoms with Crippen LogP contribution in [0.25, 0.3) is 0 Å². The molecule has 0 heterocycles. The van der Waals surface area contributed by atoms with Gasteiger partial charge in [0.05, 0.1) is 6.61 Å². The van der Waals surface area contributed by atoms with Crippen molar-refractivity contribution in [3.63, 3.8) is 0 Å². The Labute approximate surface area is 173 Å². The van der Waals surface area contributed by atoms with Gasteiger partial charge in [0.25, 0.3) is 0 Å². The summed E-state index contributed by atoms with van der Waals surface area (Å²) in [7, 11) is 0. The van der Waals surface area contributed by atoms with Gasteiger partial charge in [-0.3, -0.25) is 0 Å². The minimum absolute atomic E-state index is 0.446. The van der Waals surface area contributed by atoms with Crippen LogP contribution < -0.4 is 4.74 Å².